The summed E-state index contributed by atoms with van der Waals surface area (Å²) in [7, 11) is 1.60. The van der Waals surface area contributed by atoms with E-state index in [0.29, 0.717) is 0 Å². The molecule has 1 saturated carbocycles. The molecule has 0 radical (unpaired) electrons. The Balaban J connectivity index is 1.62. The fraction of sp³-hybridized carbons (Fsp3) is 1.00. The standard InChI is InChI=1S/C20H37N3O13/c1-23-7-2-5(21)9(26)15(10(7)27)33-19-17-16(11(28)8(4-25)32-19)35-20(36-17)18(31)13(30)12(29)14(34-20)6(22)3-24/h5-19,23-31H,2-4,21-22H2,1H3/t5-,6+,7+,8+,9+,10-,11-,12+,13-,14+,15-,16-,17+,18+,19+,20-/m0/s1. The molecule has 0 aromatic carbocycles. The molecule has 0 aromatic heterocycles. The first-order chi connectivity index (χ1) is 17.0. The summed E-state index contributed by atoms with van der Waals surface area (Å²) in [4.78, 5) is 0. The highest BCUT2D eigenvalue weighted by atomic mass is 16.9. The van der Waals surface area contributed by atoms with E-state index in [1.54, 1.807) is 7.05 Å². The van der Waals surface area contributed by atoms with Gasteiger partial charge in [-0.25, -0.2) is 0 Å². The van der Waals surface area contributed by atoms with Gasteiger partial charge in [0, 0.05) is 12.1 Å². The second-order valence-corrected chi connectivity index (χ2v) is 9.72. The lowest BCUT2D eigenvalue weighted by molar-refractivity contribution is -0.439. The molecule has 36 heavy (non-hydrogen) atoms. The molecule has 3 aliphatic heterocycles. The first-order valence-corrected chi connectivity index (χ1v) is 11.8. The summed E-state index contributed by atoms with van der Waals surface area (Å²) in [6, 6.07) is -2.50. The number of ether oxygens (including phenoxy) is 5. The number of likely N-dealkylation sites (N-methyl/N-ethyl adjacent to an activating group) is 1. The zero-order valence-electron chi connectivity index (χ0n) is 19.6. The maximum atomic E-state index is 10.7. The molecule has 4 rings (SSSR count). The van der Waals surface area contributed by atoms with Crippen LogP contribution in [0.25, 0.3) is 0 Å². The van der Waals surface area contributed by atoms with E-state index < -0.39 is 111 Å². The molecule has 4 aliphatic rings. The second-order valence-electron chi connectivity index (χ2n) is 9.72. The molecular weight excluding hydrogens is 490 g/mol. The van der Waals surface area contributed by atoms with Crippen molar-refractivity contribution >= 4 is 0 Å². The van der Waals surface area contributed by atoms with E-state index in [1.165, 1.54) is 0 Å². The SMILES string of the molecule is CN[C@@H]1C[C@H](N)[C@@H](O)[C@H](O[C@H]2O[C@H](CO)[C@H](O)[C@@H]3O[C@@]4(O[C@@H]23)O[C@H]([C@H](N)CO)[C@H](O)[C@H](O)[C@H]4O)[C@H]1O. The number of fused-ring (bicyclic) bond motifs is 1. The van der Waals surface area contributed by atoms with Gasteiger partial charge in [-0.15, -0.1) is 0 Å². The summed E-state index contributed by atoms with van der Waals surface area (Å²) in [5, 5.41) is 85.6. The fourth-order valence-corrected chi connectivity index (χ4v) is 5.23. The van der Waals surface area contributed by atoms with Gasteiger partial charge in [-0.05, 0) is 13.5 Å². The zero-order chi connectivity index (χ0) is 26.5. The monoisotopic (exact) mass is 527 g/mol. The number of hydrogen-bond donors (Lipinski definition) is 11. The molecule has 16 heteroatoms. The van der Waals surface area contributed by atoms with Crippen molar-refractivity contribution in [2.75, 3.05) is 20.3 Å². The molecule has 1 aliphatic carbocycles. The summed E-state index contributed by atoms with van der Waals surface area (Å²) >= 11 is 0. The molecule has 1 spiro atoms. The third kappa shape index (κ3) is 4.68. The third-order valence-corrected chi connectivity index (χ3v) is 7.42. The third-order valence-electron chi connectivity index (χ3n) is 7.42. The van der Waals surface area contributed by atoms with Gasteiger partial charge in [0.25, 0.3) is 0 Å². The van der Waals surface area contributed by atoms with Crippen LogP contribution in [-0.4, -0.2) is 159 Å². The Morgan fingerprint density at radius 3 is 2.22 bits per heavy atom. The van der Waals surface area contributed by atoms with Crippen LogP contribution in [-0.2, 0) is 23.7 Å². The maximum Gasteiger partial charge on any atom is 0.314 e. The molecule has 0 bridgehead atoms. The van der Waals surface area contributed by atoms with E-state index in [2.05, 4.69) is 5.32 Å². The predicted molar refractivity (Wildman–Crippen MR) is 115 cm³/mol. The van der Waals surface area contributed by atoms with Crippen molar-refractivity contribution in [1.29, 1.82) is 0 Å². The number of aliphatic hydroxyl groups is 8. The molecular formula is C20H37N3O13. The lowest BCUT2D eigenvalue weighted by atomic mass is 9.84. The second kappa shape index (κ2) is 10.9. The smallest absolute Gasteiger partial charge is 0.314 e. The van der Waals surface area contributed by atoms with Crippen LogP contribution in [0.1, 0.15) is 6.42 Å². The number of aliphatic hydroxyl groups excluding tert-OH is 8. The predicted octanol–water partition coefficient (Wildman–Crippen LogP) is -7.27. The van der Waals surface area contributed by atoms with Gasteiger partial charge in [0.2, 0.25) is 0 Å². The topological polar surface area (TPSA) is 272 Å². The summed E-state index contributed by atoms with van der Waals surface area (Å²) in [6.07, 6.45) is -17.7. The van der Waals surface area contributed by atoms with Crippen molar-refractivity contribution in [2.24, 2.45) is 11.5 Å². The van der Waals surface area contributed by atoms with Gasteiger partial charge >= 0.3 is 5.97 Å². The van der Waals surface area contributed by atoms with Gasteiger partial charge in [-0.2, -0.15) is 0 Å². The molecule has 16 atom stereocenters. The number of nitrogens with one attached hydrogen (secondary N) is 1. The van der Waals surface area contributed by atoms with Crippen molar-refractivity contribution in [3.05, 3.63) is 0 Å². The van der Waals surface area contributed by atoms with Crippen LogP contribution in [0.5, 0.6) is 0 Å². The van der Waals surface area contributed by atoms with Crippen molar-refractivity contribution in [3.63, 3.8) is 0 Å². The van der Waals surface area contributed by atoms with E-state index in [4.69, 9.17) is 35.2 Å². The number of hydrogen-bond acceptors (Lipinski definition) is 16. The minimum atomic E-state index is -2.48. The average molecular weight is 528 g/mol. The van der Waals surface area contributed by atoms with Gasteiger partial charge in [-0.1, -0.05) is 0 Å². The van der Waals surface area contributed by atoms with E-state index in [-0.39, 0.29) is 6.42 Å². The molecule has 3 heterocycles. The Labute approximate surface area is 206 Å². The summed E-state index contributed by atoms with van der Waals surface area (Å²) in [5.74, 6) is -2.48. The van der Waals surface area contributed by atoms with Crippen LogP contribution in [0.2, 0.25) is 0 Å². The first-order valence-electron chi connectivity index (χ1n) is 11.8. The molecule has 0 aromatic rings. The van der Waals surface area contributed by atoms with Crippen molar-refractivity contribution < 1.29 is 64.5 Å². The normalized spacial score (nSPS) is 54.4. The van der Waals surface area contributed by atoms with Crippen LogP contribution < -0.4 is 16.8 Å². The Morgan fingerprint density at radius 2 is 1.61 bits per heavy atom. The maximum absolute atomic E-state index is 10.7. The zero-order valence-corrected chi connectivity index (χ0v) is 19.6. The van der Waals surface area contributed by atoms with Crippen LogP contribution in [0, 0.1) is 0 Å². The molecule has 210 valence electrons. The molecule has 16 nitrogen and oxygen atoms in total. The van der Waals surface area contributed by atoms with Crippen LogP contribution in [0.3, 0.4) is 0 Å². The van der Waals surface area contributed by atoms with E-state index in [1.807, 2.05) is 0 Å². The van der Waals surface area contributed by atoms with E-state index in [0.717, 1.165) is 0 Å². The van der Waals surface area contributed by atoms with Gasteiger partial charge < -0.3 is 81.3 Å². The lowest BCUT2D eigenvalue weighted by Gasteiger charge is -2.46. The molecule has 3 saturated heterocycles. The highest BCUT2D eigenvalue weighted by Crippen LogP contribution is 2.45. The Kier molecular flexibility index (Phi) is 8.55. The summed E-state index contributed by atoms with van der Waals surface area (Å²) in [5.41, 5.74) is 11.8. The minimum Gasteiger partial charge on any atom is -0.395 e. The fourth-order valence-electron chi connectivity index (χ4n) is 5.23. The quantitative estimate of drug-likeness (QED) is 0.153. The highest BCUT2D eigenvalue weighted by Gasteiger charge is 2.67. The Bertz CT molecular complexity index is 756. The highest BCUT2D eigenvalue weighted by molar-refractivity contribution is 5.05. The van der Waals surface area contributed by atoms with Crippen molar-refractivity contribution in [2.45, 2.75) is 104 Å². The van der Waals surface area contributed by atoms with Crippen molar-refractivity contribution in [1.82, 2.24) is 5.32 Å². The molecule has 13 N–H and O–H groups in total. The first kappa shape index (κ1) is 28.4. The van der Waals surface area contributed by atoms with Gasteiger partial charge in [0.15, 0.2) is 12.4 Å². The minimum absolute atomic E-state index is 0.254. The largest absolute Gasteiger partial charge is 0.395 e. The number of nitrogens with two attached hydrogens (primary N) is 2. The van der Waals surface area contributed by atoms with E-state index in [9.17, 15) is 40.9 Å². The van der Waals surface area contributed by atoms with Gasteiger partial charge in [0.1, 0.15) is 48.8 Å². The summed E-state index contributed by atoms with van der Waals surface area (Å²) < 4.78 is 28.7. The Hall–Kier alpha value is -0.640. The summed E-state index contributed by atoms with van der Waals surface area (Å²) in [6.45, 7) is -1.33. The molecule has 4 fully saturated rings. The number of rotatable bonds is 6. The lowest BCUT2D eigenvalue weighted by Crippen LogP contribution is -2.69. The van der Waals surface area contributed by atoms with Crippen LogP contribution in [0.15, 0.2) is 0 Å². The van der Waals surface area contributed by atoms with Crippen LogP contribution in [0.4, 0.5) is 0 Å². The van der Waals surface area contributed by atoms with E-state index >= 15 is 0 Å². The van der Waals surface area contributed by atoms with Gasteiger partial charge in [0.05, 0.1) is 31.5 Å². The van der Waals surface area contributed by atoms with Gasteiger partial charge in [-0.3, -0.25) is 0 Å². The molecule has 0 amide bonds. The molecule has 0 unspecified atom stereocenters. The van der Waals surface area contributed by atoms with Crippen molar-refractivity contribution in [3.8, 4) is 0 Å². The Morgan fingerprint density at radius 1 is 0.944 bits per heavy atom. The average Bonchev–Trinajstić information content (AvgIpc) is 3.27. The van der Waals surface area contributed by atoms with Crippen LogP contribution >= 0.6 is 0 Å².